The summed E-state index contributed by atoms with van der Waals surface area (Å²) in [4.78, 5) is 27.3. The van der Waals surface area contributed by atoms with Gasteiger partial charge < -0.3 is 20.3 Å². The van der Waals surface area contributed by atoms with Gasteiger partial charge in [0.1, 0.15) is 0 Å². The minimum atomic E-state index is -0.207. The van der Waals surface area contributed by atoms with Crippen molar-refractivity contribution < 1.29 is 14.3 Å². The predicted octanol–water partition coefficient (Wildman–Crippen LogP) is 4.46. The zero-order valence-corrected chi connectivity index (χ0v) is 19.5. The molecule has 31 heavy (non-hydrogen) atoms. The van der Waals surface area contributed by atoms with Gasteiger partial charge in [0.2, 0.25) is 0 Å². The van der Waals surface area contributed by atoms with Crippen molar-refractivity contribution in [2.45, 2.75) is 39.5 Å². The van der Waals surface area contributed by atoms with Gasteiger partial charge in [-0.25, -0.2) is 0 Å². The van der Waals surface area contributed by atoms with Crippen molar-refractivity contribution in [1.82, 2.24) is 5.32 Å². The topological polar surface area (TPSA) is 70.7 Å². The molecule has 6 heteroatoms. The summed E-state index contributed by atoms with van der Waals surface area (Å²) >= 11 is 0. The SMILES string of the molecule is CCOCCCNC(=O)c1cc(NC(=O)c2ccc(C(C)(C)C)cc2)ccc1N(C)C. The monoisotopic (exact) mass is 425 g/mol. The molecule has 6 nitrogen and oxygen atoms in total. The van der Waals surface area contributed by atoms with E-state index in [0.29, 0.717) is 36.6 Å². The molecule has 0 aliphatic heterocycles. The van der Waals surface area contributed by atoms with Crippen LogP contribution < -0.4 is 15.5 Å². The van der Waals surface area contributed by atoms with Crippen molar-refractivity contribution in [3.05, 3.63) is 59.2 Å². The lowest BCUT2D eigenvalue weighted by Crippen LogP contribution is -2.27. The van der Waals surface area contributed by atoms with Gasteiger partial charge in [-0.1, -0.05) is 32.9 Å². The number of nitrogens with zero attached hydrogens (tertiary/aromatic N) is 1. The van der Waals surface area contributed by atoms with Gasteiger partial charge in [0.15, 0.2) is 0 Å². The minimum absolute atomic E-state index is 0.0297. The van der Waals surface area contributed by atoms with Gasteiger partial charge in [-0.15, -0.1) is 0 Å². The van der Waals surface area contributed by atoms with E-state index in [4.69, 9.17) is 4.74 Å². The first-order valence-electron chi connectivity index (χ1n) is 10.7. The fourth-order valence-corrected chi connectivity index (χ4v) is 3.13. The molecule has 168 valence electrons. The molecule has 0 atom stereocenters. The first-order valence-corrected chi connectivity index (χ1v) is 10.7. The maximum absolute atomic E-state index is 12.8. The van der Waals surface area contributed by atoms with E-state index in [2.05, 4.69) is 31.4 Å². The largest absolute Gasteiger partial charge is 0.382 e. The van der Waals surface area contributed by atoms with Crippen LogP contribution in [0.4, 0.5) is 11.4 Å². The molecular weight excluding hydrogens is 390 g/mol. The number of benzene rings is 2. The molecule has 2 aromatic rings. The van der Waals surface area contributed by atoms with Crippen LogP contribution in [0.2, 0.25) is 0 Å². The molecule has 0 aliphatic carbocycles. The Morgan fingerprint density at radius 2 is 1.68 bits per heavy atom. The second kappa shape index (κ2) is 11.0. The van der Waals surface area contributed by atoms with Crippen LogP contribution in [0.25, 0.3) is 0 Å². The zero-order valence-electron chi connectivity index (χ0n) is 19.5. The quantitative estimate of drug-likeness (QED) is 0.582. The van der Waals surface area contributed by atoms with Crippen LogP contribution in [0.15, 0.2) is 42.5 Å². The van der Waals surface area contributed by atoms with Crippen LogP contribution in [0.3, 0.4) is 0 Å². The highest BCUT2D eigenvalue weighted by atomic mass is 16.5. The fraction of sp³-hybridized carbons (Fsp3) is 0.440. The molecule has 2 amide bonds. The minimum Gasteiger partial charge on any atom is -0.382 e. The number of anilines is 2. The summed E-state index contributed by atoms with van der Waals surface area (Å²) in [5, 5.41) is 5.83. The van der Waals surface area contributed by atoms with Crippen LogP contribution in [0.5, 0.6) is 0 Å². The maximum Gasteiger partial charge on any atom is 0.255 e. The fourth-order valence-electron chi connectivity index (χ4n) is 3.13. The molecule has 2 rings (SSSR count). The summed E-state index contributed by atoms with van der Waals surface area (Å²) in [6.45, 7) is 10.2. The molecule has 0 bridgehead atoms. The highest BCUT2D eigenvalue weighted by Gasteiger charge is 2.17. The number of amides is 2. The summed E-state index contributed by atoms with van der Waals surface area (Å²) in [6.07, 6.45) is 0.748. The predicted molar refractivity (Wildman–Crippen MR) is 127 cm³/mol. The average molecular weight is 426 g/mol. The lowest BCUT2D eigenvalue weighted by atomic mass is 9.87. The van der Waals surface area contributed by atoms with E-state index in [1.165, 1.54) is 5.56 Å². The molecule has 0 fully saturated rings. The molecule has 0 radical (unpaired) electrons. The van der Waals surface area contributed by atoms with Crippen LogP contribution in [-0.2, 0) is 10.2 Å². The number of carbonyl (C=O) groups excluding carboxylic acids is 2. The second-order valence-electron chi connectivity index (χ2n) is 8.71. The van der Waals surface area contributed by atoms with E-state index < -0.39 is 0 Å². The Kier molecular flexibility index (Phi) is 8.63. The molecule has 0 saturated heterocycles. The number of nitrogens with one attached hydrogen (secondary N) is 2. The standard InChI is InChI=1S/C25H35N3O3/c1-7-31-16-8-15-26-24(30)21-17-20(13-14-22(21)28(5)6)27-23(29)18-9-11-19(12-10-18)25(2,3)4/h9-14,17H,7-8,15-16H2,1-6H3,(H,26,30)(H,27,29). The van der Waals surface area contributed by atoms with Gasteiger partial charge in [0, 0.05) is 50.8 Å². The molecular formula is C25H35N3O3. The van der Waals surface area contributed by atoms with Gasteiger partial charge in [0.25, 0.3) is 11.8 Å². The van der Waals surface area contributed by atoms with Crippen molar-refractivity contribution in [2.24, 2.45) is 0 Å². The van der Waals surface area contributed by atoms with E-state index >= 15 is 0 Å². The Bertz CT molecular complexity index is 884. The van der Waals surface area contributed by atoms with E-state index in [-0.39, 0.29) is 17.2 Å². The molecule has 0 spiro atoms. The normalized spacial score (nSPS) is 11.2. The summed E-state index contributed by atoms with van der Waals surface area (Å²) in [7, 11) is 3.77. The zero-order chi connectivity index (χ0) is 23.0. The second-order valence-corrected chi connectivity index (χ2v) is 8.71. The lowest BCUT2D eigenvalue weighted by molar-refractivity contribution is 0.0943. The van der Waals surface area contributed by atoms with E-state index in [9.17, 15) is 9.59 Å². The van der Waals surface area contributed by atoms with Gasteiger partial charge in [-0.3, -0.25) is 9.59 Å². The van der Waals surface area contributed by atoms with Crippen molar-refractivity contribution in [3.8, 4) is 0 Å². The van der Waals surface area contributed by atoms with E-state index in [1.807, 2.05) is 62.3 Å². The number of hydrogen-bond acceptors (Lipinski definition) is 4. The third kappa shape index (κ3) is 7.10. The van der Waals surface area contributed by atoms with Crippen molar-refractivity contribution >= 4 is 23.2 Å². The molecule has 0 aromatic heterocycles. The Hall–Kier alpha value is -2.86. The van der Waals surface area contributed by atoms with Crippen molar-refractivity contribution in [1.29, 1.82) is 0 Å². The van der Waals surface area contributed by atoms with Gasteiger partial charge >= 0.3 is 0 Å². The molecule has 0 unspecified atom stereocenters. The van der Waals surface area contributed by atoms with Crippen LogP contribution in [0.1, 0.15) is 60.4 Å². The number of hydrogen-bond donors (Lipinski definition) is 2. The third-order valence-corrected chi connectivity index (χ3v) is 4.95. The van der Waals surface area contributed by atoms with Crippen molar-refractivity contribution in [2.75, 3.05) is 44.1 Å². The molecule has 0 heterocycles. The molecule has 0 saturated carbocycles. The molecule has 0 aliphatic rings. The highest BCUT2D eigenvalue weighted by molar-refractivity contribution is 6.06. The van der Waals surface area contributed by atoms with Crippen LogP contribution >= 0.6 is 0 Å². The van der Waals surface area contributed by atoms with E-state index in [0.717, 1.165) is 12.1 Å². The molecule has 2 N–H and O–H groups in total. The van der Waals surface area contributed by atoms with Gasteiger partial charge in [-0.05, 0) is 54.7 Å². The first-order chi connectivity index (χ1) is 14.6. The van der Waals surface area contributed by atoms with Crippen molar-refractivity contribution in [3.63, 3.8) is 0 Å². The Labute approximate surface area is 186 Å². The first kappa shape index (κ1) is 24.4. The Morgan fingerprint density at radius 1 is 1.00 bits per heavy atom. The number of ether oxygens (including phenoxy) is 1. The van der Waals surface area contributed by atoms with E-state index in [1.54, 1.807) is 6.07 Å². The average Bonchev–Trinajstić information content (AvgIpc) is 2.72. The maximum atomic E-state index is 12.8. The summed E-state index contributed by atoms with van der Waals surface area (Å²) in [6, 6.07) is 13.0. The number of rotatable bonds is 9. The van der Waals surface area contributed by atoms with Gasteiger partial charge in [0.05, 0.1) is 5.56 Å². The summed E-state index contributed by atoms with van der Waals surface area (Å²) in [5.41, 5.74) is 3.66. The Balaban J connectivity index is 2.13. The highest BCUT2D eigenvalue weighted by Crippen LogP contribution is 2.25. The smallest absolute Gasteiger partial charge is 0.255 e. The summed E-state index contributed by atoms with van der Waals surface area (Å²) in [5.74, 6) is -0.382. The van der Waals surface area contributed by atoms with Crippen LogP contribution in [-0.4, -0.2) is 45.7 Å². The van der Waals surface area contributed by atoms with Gasteiger partial charge in [-0.2, -0.15) is 0 Å². The lowest BCUT2D eigenvalue weighted by Gasteiger charge is -2.19. The third-order valence-electron chi connectivity index (χ3n) is 4.95. The summed E-state index contributed by atoms with van der Waals surface area (Å²) < 4.78 is 5.31. The Morgan fingerprint density at radius 3 is 2.26 bits per heavy atom. The molecule has 2 aromatic carbocycles. The van der Waals surface area contributed by atoms with Crippen LogP contribution in [0, 0.1) is 0 Å². The number of carbonyl (C=O) groups is 2.